The van der Waals surface area contributed by atoms with Crippen LogP contribution in [0.15, 0.2) is 133 Å². The molecule has 50 heavy (non-hydrogen) atoms. The molecule has 4 aliphatic rings. The molecule has 1 spiro atoms. The van der Waals surface area contributed by atoms with E-state index in [1.807, 2.05) is 0 Å². The predicted molar refractivity (Wildman–Crippen MR) is 207 cm³/mol. The molecule has 0 unspecified atom stereocenters. The van der Waals surface area contributed by atoms with Gasteiger partial charge in [0.2, 0.25) is 6.71 Å². The van der Waals surface area contributed by atoms with Crippen molar-refractivity contribution >= 4 is 34.1 Å². The average Bonchev–Trinajstić information content (AvgIpc) is 3.84. The van der Waals surface area contributed by atoms with Crippen LogP contribution in [-0.4, -0.2) is 16.3 Å². The van der Waals surface area contributed by atoms with Gasteiger partial charge in [0.25, 0.3) is 0 Å². The highest BCUT2D eigenvalue weighted by molar-refractivity contribution is 7.01. The SMILES string of the molecule is Cc1cc(C)c(-c2nc3cccc4c3n2-c2cccc3c2B4c2cc4c(cc2-3)C2(c3ccccc3-c3ccccc32)c2ccccc2-4)c(C)c1. The maximum absolute atomic E-state index is 5.39. The molecule has 2 nitrogen and oxygen atoms in total. The molecular weight excluding hydrogens is 603 g/mol. The molecule has 8 aromatic rings. The monoisotopic (exact) mass is 634 g/mol. The summed E-state index contributed by atoms with van der Waals surface area (Å²) in [7, 11) is 0. The van der Waals surface area contributed by atoms with Crippen LogP contribution < -0.4 is 16.4 Å². The molecule has 0 amide bonds. The zero-order chi connectivity index (χ0) is 33.0. The van der Waals surface area contributed by atoms with Gasteiger partial charge in [-0.2, -0.15) is 0 Å². The van der Waals surface area contributed by atoms with E-state index in [0.29, 0.717) is 0 Å². The van der Waals surface area contributed by atoms with E-state index in [0.717, 1.165) is 11.3 Å². The smallest absolute Gasteiger partial charge is 0.248 e. The second-order valence-corrected chi connectivity index (χ2v) is 14.8. The number of hydrogen-bond donors (Lipinski definition) is 0. The summed E-state index contributed by atoms with van der Waals surface area (Å²) in [6.07, 6.45) is 0. The van der Waals surface area contributed by atoms with Crippen molar-refractivity contribution in [2.75, 3.05) is 0 Å². The van der Waals surface area contributed by atoms with E-state index in [9.17, 15) is 0 Å². The topological polar surface area (TPSA) is 17.8 Å². The fraction of sp³-hybridized carbons (Fsp3) is 0.0851. The molecule has 0 saturated carbocycles. The lowest BCUT2D eigenvalue weighted by molar-refractivity contribution is 0.794. The number of para-hydroxylation sites is 1. The summed E-state index contributed by atoms with van der Waals surface area (Å²) in [5.41, 5.74) is 26.1. The number of nitrogens with zero attached hydrogens (tertiary/aromatic N) is 2. The first-order valence-corrected chi connectivity index (χ1v) is 17.8. The Labute approximate surface area is 291 Å². The van der Waals surface area contributed by atoms with Gasteiger partial charge in [-0.15, -0.1) is 0 Å². The Kier molecular flexibility index (Phi) is 4.85. The zero-order valence-corrected chi connectivity index (χ0v) is 28.2. The quantitative estimate of drug-likeness (QED) is 0.165. The summed E-state index contributed by atoms with van der Waals surface area (Å²) in [4.78, 5) is 5.39. The standard InChI is InChI=1S/C47H31BN2/c1-26-22-27(2)43(28(3)23-26)46-49-41-20-11-19-39-45(41)50(46)42-21-10-15-32-34-24-38-33(25-40(34)48(39)44(32)42)31-14-6-9-18-37(31)47(38)35-16-7-4-12-29(35)30-13-5-8-17-36(30)47/h4-25H,1-3H3. The highest BCUT2D eigenvalue weighted by Crippen LogP contribution is 2.63. The normalized spacial score (nSPS) is 14.4. The van der Waals surface area contributed by atoms with E-state index in [2.05, 4.69) is 159 Å². The Morgan fingerprint density at radius 2 is 1.12 bits per heavy atom. The van der Waals surface area contributed by atoms with E-state index in [1.54, 1.807) is 0 Å². The molecule has 2 aliphatic heterocycles. The summed E-state index contributed by atoms with van der Waals surface area (Å²) >= 11 is 0. The van der Waals surface area contributed by atoms with Gasteiger partial charge in [0.1, 0.15) is 5.82 Å². The number of hydrogen-bond acceptors (Lipinski definition) is 1. The van der Waals surface area contributed by atoms with Crippen molar-refractivity contribution in [3.05, 3.63) is 172 Å². The van der Waals surface area contributed by atoms with E-state index in [4.69, 9.17) is 4.98 Å². The number of benzene rings is 7. The summed E-state index contributed by atoms with van der Waals surface area (Å²) in [6.45, 7) is 6.79. The van der Waals surface area contributed by atoms with Crippen LogP contribution in [0.1, 0.15) is 38.9 Å². The van der Waals surface area contributed by atoms with Crippen LogP contribution in [0, 0.1) is 20.8 Å². The second-order valence-electron chi connectivity index (χ2n) is 14.8. The van der Waals surface area contributed by atoms with Crippen LogP contribution in [0.3, 0.4) is 0 Å². The molecule has 3 heterocycles. The van der Waals surface area contributed by atoms with Gasteiger partial charge < -0.3 is 0 Å². The van der Waals surface area contributed by atoms with Crippen LogP contribution in [0.4, 0.5) is 0 Å². The minimum absolute atomic E-state index is 0.148. The average molecular weight is 635 g/mol. The summed E-state index contributed by atoms with van der Waals surface area (Å²) in [5, 5.41) is 0. The number of fused-ring (bicyclic) bond motifs is 15. The van der Waals surface area contributed by atoms with Crippen LogP contribution in [-0.2, 0) is 5.41 Å². The Hall–Kier alpha value is -5.93. The number of aromatic nitrogens is 2. The molecule has 12 rings (SSSR count). The Morgan fingerprint density at radius 3 is 1.80 bits per heavy atom. The molecule has 0 fully saturated rings. The highest BCUT2D eigenvalue weighted by atomic mass is 15.1. The van der Waals surface area contributed by atoms with Crippen LogP contribution in [0.5, 0.6) is 0 Å². The van der Waals surface area contributed by atoms with Crippen molar-refractivity contribution in [3.63, 3.8) is 0 Å². The molecule has 1 aromatic heterocycles. The third-order valence-electron chi connectivity index (χ3n) is 12.3. The van der Waals surface area contributed by atoms with Crippen molar-refractivity contribution in [3.8, 4) is 50.5 Å². The summed E-state index contributed by atoms with van der Waals surface area (Å²) < 4.78 is 2.48. The molecule has 0 N–H and O–H groups in total. The third-order valence-corrected chi connectivity index (χ3v) is 12.3. The lowest BCUT2D eigenvalue weighted by atomic mass is 9.37. The molecule has 0 saturated heterocycles. The predicted octanol–water partition coefficient (Wildman–Crippen LogP) is 8.77. The fourth-order valence-corrected chi connectivity index (χ4v) is 10.7. The lowest BCUT2D eigenvalue weighted by Crippen LogP contribution is -2.53. The molecule has 3 heteroatoms. The van der Waals surface area contributed by atoms with Crippen molar-refractivity contribution in [2.24, 2.45) is 0 Å². The van der Waals surface area contributed by atoms with Gasteiger partial charge in [0, 0.05) is 11.3 Å². The van der Waals surface area contributed by atoms with Crippen molar-refractivity contribution in [1.82, 2.24) is 9.55 Å². The van der Waals surface area contributed by atoms with Gasteiger partial charge in [-0.1, -0.05) is 126 Å². The molecule has 2 aliphatic carbocycles. The summed E-state index contributed by atoms with van der Waals surface area (Å²) in [5.74, 6) is 1.04. The molecule has 0 atom stereocenters. The largest absolute Gasteiger partial charge is 0.293 e. The fourth-order valence-electron chi connectivity index (χ4n) is 10.7. The molecular formula is C47H31BN2. The highest BCUT2D eigenvalue weighted by Gasteiger charge is 2.53. The van der Waals surface area contributed by atoms with Gasteiger partial charge in [-0.3, -0.25) is 4.57 Å². The molecule has 7 aromatic carbocycles. The minimum Gasteiger partial charge on any atom is -0.293 e. The first-order chi connectivity index (χ1) is 24.6. The van der Waals surface area contributed by atoms with Gasteiger partial charge in [0.15, 0.2) is 0 Å². The first-order valence-electron chi connectivity index (χ1n) is 17.8. The Morgan fingerprint density at radius 1 is 0.520 bits per heavy atom. The van der Waals surface area contributed by atoms with Crippen molar-refractivity contribution in [2.45, 2.75) is 26.2 Å². The maximum atomic E-state index is 5.39. The van der Waals surface area contributed by atoms with Crippen LogP contribution in [0.2, 0.25) is 0 Å². The lowest BCUT2D eigenvalue weighted by Gasteiger charge is -2.30. The van der Waals surface area contributed by atoms with Crippen LogP contribution in [0.25, 0.3) is 61.5 Å². The number of aryl methyl sites for hydroxylation is 3. The molecule has 0 radical (unpaired) electrons. The minimum atomic E-state index is -0.354. The zero-order valence-electron chi connectivity index (χ0n) is 28.2. The number of rotatable bonds is 1. The second kappa shape index (κ2) is 8.99. The number of imidazole rings is 1. The third kappa shape index (κ3) is 2.95. The van der Waals surface area contributed by atoms with Gasteiger partial charge in [0.05, 0.1) is 16.4 Å². The van der Waals surface area contributed by atoms with E-state index in [1.165, 1.54) is 105 Å². The van der Waals surface area contributed by atoms with E-state index < -0.39 is 0 Å². The molecule has 232 valence electrons. The van der Waals surface area contributed by atoms with Crippen molar-refractivity contribution in [1.29, 1.82) is 0 Å². The van der Waals surface area contributed by atoms with Gasteiger partial charge in [-0.05, 0) is 117 Å². The van der Waals surface area contributed by atoms with Gasteiger partial charge >= 0.3 is 0 Å². The summed E-state index contributed by atoms with van der Waals surface area (Å²) in [6, 6.07) is 50.8. The Bertz CT molecular complexity index is 2800. The maximum Gasteiger partial charge on any atom is 0.248 e. The van der Waals surface area contributed by atoms with Gasteiger partial charge in [-0.25, -0.2) is 4.98 Å². The molecule has 0 bridgehead atoms. The van der Waals surface area contributed by atoms with E-state index >= 15 is 0 Å². The van der Waals surface area contributed by atoms with Crippen LogP contribution >= 0.6 is 0 Å². The Balaban J connectivity index is 1.18. The van der Waals surface area contributed by atoms with Crippen molar-refractivity contribution < 1.29 is 0 Å². The first kappa shape index (κ1) is 27.0. The van der Waals surface area contributed by atoms with E-state index in [-0.39, 0.29) is 12.1 Å².